The highest BCUT2D eigenvalue weighted by molar-refractivity contribution is 7.99. The van der Waals surface area contributed by atoms with Crippen molar-refractivity contribution in [2.24, 2.45) is 0 Å². The first-order valence-electron chi connectivity index (χ1n) is 4.93. The molecule has 0 bridgehead atoms. The molecule has 0 aliphatic heterocycles. The molecule has 1 aromatic carbocycles. The Kier molecular flexibility index (Phi) is 4.21. The van der Waals surface area contributed by atoms with Crippen molar-refractivity contribution >= 4 is 17.7 Å². The van der Waals surface area contributed by atoms with E-state index >= 15 is 0 Å². The minimum absolute atomic E-state index is 0.219. The van der Waals surface area contributed by atoms with Crippen LogP contribution in [0.1, 0.15) is 23.1 Å². The Morgan fingerprint density at radius 3 is 2.40 bits per heavy atom. The summed E-state index contributed by atoms with van der Waals surface area (Å²) >= 11 is 1.62. The molecule has 0 atom stereocenters. The summed E-state index contributed by atoms with van der Waals surface area (Å²) in [6.45, 7) is 6.24. The molecule has 15 heavy (non-hydrogen) atoms. The van der Waals surface area contributed by atoms with Crippen LogP contribution < -0.4 is 0 Å². The van der Waals surface area contributed by atoms with E-state index in [-0.39, 0.29) is 6.42 Å². The van der Waals surface area contributed by atoms with E-state index in [1.165, 1.54) is 21.6 Å². The van der Waals surface area contributed by atoms with Crippen molar-refractivity contribution in [1.82, 2.24) is 0 Å². The van der Waals surface area contributed by atoms with Crippen LogP contribution in [-0.4, -0.2) is 16.8 Å². The van der Waals surface area contributed by atoms with Gasteiger partial charge in [0.05, 0.1) is 6.42 Å². The predicted octanol–water partition coefficient (Wildman–Crippen LogP) is 3.18. The number of thioether (sulfide) groups is 1. The summed E-state index contributed by atoms with van der Waals surface area (Å²) in [6.07, 6.45) is 0.219. The lowest BCUT2D eigenvalue weighted by atomic mass is 10.1. The van der Waals surface area contributed by atoms with Gasteiger partial charge in [-0.3, -0.25) is 4.79 Å². The minimum Gasteiger partial charge on any atom is -0.481 e. The van der Waals surface area contributed by atoms with Gasteiger partial charge in [0.15, 0.2) is 0 Å². The highest BCUT2D eigenvalue weighted by atomic mass is 32.2. The maximum absolute atomic E-state index is 10.4. The second-order valence-corrected chi connectivity index (χ2v) is 4.83. The van der Waals surface area contributed by atoms with Crippen LogP contribution in [-0.2, 0) is 4.79 Å². The van der Waals surface area contributed by atoms with Crippen molar-refractivity contribution in [3.05, 3.63) is 28.8 Å². The van der Waals surface area contributed by atoms with Crippen molar-refractivity contribution < 1.29 is 9.90 Å². The molecule has 1 aromatic rings. The SMILES string of the molecule is Cc1cc(C)c(SCCC(=O)O)cc1C. The number of rotatable bonds is 4. The van der Waals surface area contributed by atoms with Gasteiger partial charge >= 0.3 is 5.97 Å². The number of carboxylic acid groups (broad SMARTS) is 1. The smallest absolute Gasteiger partial charge is 0.304 e. The van der Waals surface area contributed by atoms with E-state index in [1.807, 2.05) is 0 Å². The summed E-state index contributed by atoms with van der Waals surface area (Å²) in [5.74, 6) is -0.0948. The van der Waals surface area contributed by atoms with Crippen molar-refractivity contribution in [2.45, 2.75) is 32.1 Å². The van der Waals surface area contributed by atoms with E-state index in [2.05, 4.69) is 32.9 Å². The zero-order valence-electron chi connectivity index (χ0n) is 9.33. The molecule has 0 heterocycles. The molecule has 0 aliphatic carbocycles. The first kappa shape index (κ1) is 12.1. The molecule has 0 radical (unpaired) electrons. The number of hydrogen-bond donors (Lipinski definition) is 1. The maximum Gasteiger partial charge on any atom is 0.304 e. The third kappa shape index (κ3) is 3.59. The van der Waals surface area contributed by atoms with Crippen LogP contribution >= 0.6 is 11.8 Å². The Balaban J connectivity index is 2.69. The lowest BCUT2D eigenvalue weighted by Gasteiger charge is -2.08. The molecule has 0 unspecified atom stereocenters. The standard InChI is InChI=1S/C12H16O2S/c1-8-6-10(3)11(7-9(8)2)15-5-4-12(13)14/h6-7H,4-5H2,1-3H3,(H,13,14). The van der Waals surface area contributed by atoms with Crippen molar-refractivity contribution in [3.8, 4) is 0 Å². The average molecular weight is 224 g/mol. The number of carboxylic acids is 1. The summed E-state index contributed by atoms with van der Waals surface area (Å²) < 4.78 is 0. The molecular formula is C12H16O2S. The molecule has 82 valence electrons. The van der Waals surface area contributed by atoms with Crippen LogP contribution in [0.25, 0.3) is 0 Å². The van der Waals surface area contributed by atoms with Gasteiger partial charge in [0.25, 0.3) is 0 Å². The van der Waals surface area contributed by atoms with Crippen molar-refractivity contribution in [3.63, 3.8) is 0 Å². The lowest BCUT2D eigenvalue weighted by molar-refractivity contribution is -0.136. The molecule has 0 fully saturated rings. The Morgan fingerprint density at radius 1 is 1.20 bits per heavy atom. The highest BCUT2D eigenvalue weighted by Gasteiger charge is 2.03. The predicted molar refractivity (Wildman–Crippen MR) is 63.6 cm³/mol. The number of carbonyl (C=O) groups is 1. The molecule has 0 aliphatic rings. The molecule has 0 amide bonds. The normalized spacial score (nSPS) is 10.3. The Labute approximate surface area is 94.7 Å². The minimum atomic E-state index is -0.732. The summed E-state index contributed by atoms with van der Waals surface area (Å²) in [5, 5.41) is 8.55. The molecule has 0 spiro atoms. The average Bonchev–Trinajstić information content (AvgIpc) is 2.13. The van der Waals surface area contributed by atoms with Gasteiger partial charge in [-0.15, -0.1) is 11.8 Å². The molecule has 1 N–H and O–H groups in total. The highest BCUT2D eigenvalue weighted by Crippen LogP contribution is 2.25. The van der Waals surface area contributed by atoms with E-state index in [4.69, 9.17) is 5.11 Å². The summed E-state index contributed by atoms with van der Waals surface area (Å²) in [5.41, 5.74) is 3.78. The fourth-order valence-corrected chi connectivity index (χ4v) is 2.38. The largest absolute Gasteiger partial charge is 0.481 e. The van der Waals surface area contributed by atoms with E-state index in [0.29, 0.717) is 5.75 Å². The molecule has 0 saturated heterocycles. The lowest BCUT2D eigenvalue weighted by Crippen LogP contribution is -1.96. The number of aliphatic carboxylic acids is 1. The molecule has 2 nitrogen and oxygen atoms in total. The monoisotopic (exact) mass is 224 g/mol. The van der Waals surface area contributed by atoms with Gasteiger partial charge in [-0.2, -0.15) is 0 Å². The van der Waals surface area contributed by atoms with Crippen molar-refractivity contribution in [2.75, 3.05) is 5.75 Å². The Bertz CT molecular complexity index is 372. The molecular weight excluding hydrogens is 208 g/mol. The van der Waals surface area contributed by atoms with Crippen LogP contribution in [0, 0.1) is 20.8 Å². The van der Waals surface area contributed by atoms with E-state index < -0.39 is 5.97 Å². The third-order valence-corrected chi connectivity index (χ3v) is 3.52. The zero-order valence-corrected chi connectivity index (χ0v) is 10.1. The topological polar surface area (TPSA) is 37.3 Å². The van der Waals surface area contributed by atoms with Crippen LogP contribution in [0.5, 0.6) is 0 Å². The fraction of sp³-hybridized carbons (Fsp3) is 0.417. The van der Waals surface area contributed by atoms with Crippen molar-refractivity contribution in [1.29, 1.82) is 0 Å². The second kappa shape index (κ2) is 5.21. The number of benzene rings is 1. The first-order valence-corrected chi connectivity index (χ1v) is 5.91. The van der Waals surface area contributed by atoms with Gasteiger partial charge < -0.3 is 5.11 Å². The van der Waals surface area contributed by atoms with Crippen LogP contribution in [0.2, 0.25) is 0 Å². The summed E-state index contributed by atoms with van der Waals surface area (Å²) in [6, 6.07) is 4.29. The molecule has 0 saturated carbocycles. The molecule has 3 heteroatoms. The van der Waals surface area contributed by atoms with Gasteiger partial charge in [-0.05, 0) is 43.5 Å². The number of hydrogen-bond acceptors (Lipinski definition) is 2. The summed E-state index contributed by atoms with van der Waals surface area (Å²) in [4.78, 5) is 11.6. The fourth-order valence-electron chi connectivity index (χ4n) is 1.34. The third-order valence-electron chi connectivity index (χ3n) is 2.36. The summed E-state index contributed by atoms with van der Waals surface area (Å²) in [7, 11) is 0. The van der Waals surface area contributed by atoms with Crippen LogP contribution in [0.4, 0.5) is 0 Å². The Hall–Kier alpha value is -0.960. The van der Waals surface area contributed by atoms with E-state index in [0.717, 1.165) is 0 Å². The van der Waals surface area contributed by atoms with Gasteiger partial charge in [0, 0.05) is 10.6 Å². The van der Waals surface area contributed by atoms with Gasteiger partial charge in [-0.1, -0.05) is 6.07 Å². The molecule has 1 rings (SSSR count). The van der Waals surface area contributed by atoms with E-state index in [9.17, 15) is 4.79 Å². The number of aryl methyl sites for hydroxylation is 3. The quantitative estimate of drug-likeness (QED) is 0.798. The second-order valence-electron chi connectivity index (χ2n) is 3.69. The van der Waals surface area contributed by atoms with E-state index in [1.54, 1.807) is 11.8 Å². The van der Waals surface area contributed by atoms with Gasteiger partial charge in [0.1, 0.15) is 0 Å². The maximum atomic E-state index is 10.4. The van der Waals surface area contributed by atoms with Gasteiger partial charge in [0.2, 0.25) is 0 Å². The first-order chi connectivity index (χ1) is 7.00. The zero-order chi connectivity index (χ0) is 11.4. The molecule has 0 aromatic heterocycles. The van der Waals surface area contributed by atoms with Crippen LogP contribution in [0.15, 0.2) is 17.0 Å². The van der Waals surface area contributed by atoms with Gasteiger partial charge in [-0.25, -0.2) is 0 Å². The Morgan fingerprint density at radius 2 is 1.80 bits per heavy atom. The van der Waals surface area contributed by atoms with Crippen LogP contribution in [0.3, 0.4) is 0 Å².